The van der Waals surface area contributed by atoms with Crippen LogP contribution in [-0.2, 0) is 0 Å². The molecule has 2 aromatic carbocycles. The van der Waals surface area contributed by atoms with Gasteiger partial charge < -0.3 is 26.0 Å². The Kier molecular flexibility index (Phi) is 4.63. The van der Waals surface area contributed by atoms with Crippen molar-refractivity contribution in [3.8, 4) is 17.2 Å². The lowest BCUT2D eigenvalue weighted by Gasteiger charge is -2.09. The van der Waals surface area contributed by atoms with E-state index in [4.69, 9.17) is 10.5 Å². The third kappa shape index (κ3) is 3.64. The van der Waals surface area contributed by atoms with Crippen molar-refractivity contribution in [3.63, 3.8) is 0 Å². The van der Waals surface area contributed by atoms with E-state index in [1.165, 1.54) is 18.2 Å². The molecule has 6 heteroatoms. The molecule has 0 saturated carbocycles. The molecule has 0 unspecified atom stereocenters. The van der Waals surface area contributed by atoms with Crippen LogP contribution >= 0.6 is 0 Å². The Hall–Kier alpha value is -2.73. The third-order valence-corrected chi connectivity index (χ3v) is 2.75. The van der Waals surface area contributed by atoms with Crippen LogP contribution in [0.4, 0.5) is 5.69 Å². The monoisotopic (exact) mass is 288 g/mol. The van der Waals surface area contributed by atoms with Crippen molar-refractivity contribution in [2.24, 2.45) is 5.73 Å². The van der Waals surface area contributed by atoms with Gasteiger partial charge in [-0.2, -0.15) is 0 Å². The number of aromatic hydroxyl groups is 2. The first-order valence-electron chi connectivity index (χ1n) is 6.37. The van der Waals surface area contributed by atoms with Crippen LogP contribution in [0.25, 0.3) is 0 Å². The second kappa shape index (κ2) is 6.62. The van der Waals surface area contributed by atoms with Crippen molar-refractivity contribution in [1.29, 1.82) is 0 Å². The van der Waals surface area contributed by atoms with Crippen LogP contribution in [-0.4, -0.2) is 29.3 Å². The van der Waals surface area contributed by atoms with Crippen molar-refractivity contribution in [1.82, 2.24) is 0 Å². The fourth-order valence-electron chi connectivity index (χ4n) is 1.77. The summed E-state index contributed by atoms with van der Waals surface area (Å²) in [5, 5.41) is 21.8. The maximum absolute atomic E-state index is 12.0. The van der Waals surface area contributed by atoms with Crippen LogP contribution in [0.5, 0.6) is 17.2 Å². The van der Waals surface area contributed by atoms with Gasteiger partial charge in [-0.15, -0.1) is 0 Å². The van der Waals surface area contributed by atoms with Gasteiger partial charge in [-0.1, -0.05) is 6.07 Å². The highest BCUT2D eigenvalue weighted by Gasteiger charge is 2.15. The number of amides is 1. The topological polar surface area (TPSA) is 105 Å². The Morgan fingerprint density at radius 3 is 2.29 bits per heavy atom. The molecule has 0 radical (unpaired) electrons. The Morgan fingerprint density at radius 1 is 1.10 bits per heavy atom. The minimum absolute atomic E-state index is 0.166. The molecule has 2 aromatic rings. The highest BCUT2D eigenvalue weighted by atomic mass is 16.5. The summed E-state index contributed by atoms with van der Waals surface area (Å²) >= 11 is 0. The second-order valence-corrected chi connectivity index (χ2v) is 4.29. The number of hydrogen-bond donors (Lipinski definition) is 4. The molecule has 110 valence electrons. The minimum atomic E-state index is -0.596. The van der Waals surface area contributed by atoms with E-state index in [0.29, 0.717) is 24.6 Å². The molecule has 0 bridgehead atoms. The van der Waals surface area contributed by atoms with Gasteiger partial charge in [0.25, 0.3) is 5.91 Å². The zero-order valence-electron chi connectivity index (χ0n) is 11.2. The van der Waals surface area contributed by atoms with Crippen LogP contribution in [0.15, 0.2) is 42.5 Å². The first kappa shape index (κ1) is 14.7. The molecule has 21 heavy (non-hydrogen) atoms. The highest BCUT2D eigenvalue weighted by Crippen LogP contribution is 2.27. The fourth-order valence-corrected chi connectivity index (χ4v) is 1.77. The molecule has 5 N–H and O–H groups in total. The van der Waals surface area contributed by atoms with E-state index >= 15 is 0 Å². The van der Waals surface area contributed by atoms with Gasteiger partial charge >= 0.3 is 0 Å². The van der Waals surface area contributed by atoms with Crippen molar-refractivity contribution < 1.29 is 19.7 Å². The number of ether oxygens (including phenoxy) is 1. The average molecular weight is 288 g/mol. The lowest BCUT2D eigenvalue weighted by atomic mass is 10.1. The fraction of sp³-hybridized carbons (Fsp3) is 0.133. The number of benzene rings is 2. The summed E-state index contributed by atoms with van der Waals surface area (Å²) in [6.45, 7) is 0.836. The largest absolute Gasteiger partial charge is 0.507 e. The van der Waals surface area contributed by atoms with Crippen molar-refractivity contribution in [2.45, 2.75) is 0 Å². The number of carbonyl (C=O) groups excluding carboxylic acids is 1. The molecule has 0 aliphatic rings. The Morgan fingerprint density at radius 2 is 1.71 bits per heavy atom. The van der Waals surface area contributed by atoms with Crippen LogP contribution in [0.3, 0.4) is 0 Å². The van der Waals surface area contributed by atoms with Gasteiger partial charge in [0.15, 0.2) is 0 Å². The molecule has 0 atom stereocenters. The number of phenols is 2. The summed E-state index contributed by atoms with van der Waals surface area (Å²) in [4.78, 5) is 12.0. The lowest BCUT2D eigenvalue weighted by molar-refractivity contribution is 0.102. The van der Waals surface area contributed by atoms with Gasteiger partial charge in [0.1, 0.15) is 29.4 Å². The second-order valence-electron chi connectivity index (χ2n) is 4.29. The number of hydrogen-bond acceptors (Lipinski definition) is 5. The van der Waals surface area contributed by atoms with E-state index in [0.717, 1.165) is 0 Å². The molecular weight excluding hydrogens is 272 g/mol. The van der Waals surface area contributed by atoms with Crippen LogP contribution < -0.4 is 15.8 Å². The summed E-state index contributed by atoms with van der Waals surface area (Å²) in [7, 11) is 0. The normalized spacial score (nSPS) is 10.1. The maximum Gasteiger partial charge on any atom is 0.263 e. The SMILES string of the molecule is NCCOc1ccc(NC(=O)c2c(O)cccc2O)cc1. The van der Waals surface area contributed by atoms with Gasteiger partial charge in [0.2, 0.25) is 0 Å². The first-order valence-corrected chi connectivity index (χ1v) is 6.37. The third-order valence-electron chi connectivity index (χ3n) is 2.75. The molecular formula is C15H16N2O4. The molecule has 0 aliphatic heterocycles. The maximum atomic E-state index is 12.0. The van der Waals surface area contributed by atoms with Gasteiger partial charge in [-0.05, 0) is 36.4 Å². The molecule has 0 saturated heterocycles. The Bertz CT molecular complexity index is 606. The van der Waals surface area contributed by atoms with E-state index in [1.807, 2.05) is 0 Å². The number of phenolic OH excluding ortho intramolecular Hbond substituents is 2. The number of rotatable bonds is 5. The van der Waals surface area contributed by atoms with E-state index in [9.17, 15) is 15.0 Å². The molecule has 1 amide bonds. The molecule has 6 nitrogen and oxygen atoms in total. The smallest absolute Gasteiger partial charge is 0.263 e. The average Bonchev–Trinajstić information content (AvgIpc) is 2.46. The quantitative estimate of drug-likeness (QED) is 0.670. The van der Waals surface area contributed by atoms with Crippen LogP contribution in [0, 0.1) is 0 Å². The number of nitrogens with one attached hydrogen (secondary N) is 1. The van der Waals surface area contributed by atoms with E-state index in [2.05, 4.69) is 5.32 Å². The molecule has 0 aromatic heterocycles. The Labute approximate surface area is 121 Å². The van der Waals surface area contributed by atoms with Crippen molar-refractivity contribution >= 4 is 11.6 Å². The summed E-state index contributed by atoms with van der Waals surface area (Å²) in [6.07, 6.45) is 0. The number of nitrogens with two attached hydrogens (primary N) is 1. The summed E-state index contributed by atoms with van der Waals surface area (Å²) < 4.78 is 5.32. The standard InChI is InChI=1S/C15H16N2O4/c16-8-9-21-11-6-4-10(5-7-11)17-15(20)14-12(18)2-1-3-13(14)19/h1-7,18-19H,8-9,16H2,(H,17,20). The zero-order valence-corrected chi connectivity index (χ0v) is 11.2. The predicted octanol–water partition coefficient (Wildman–Crippen LogP) is 1.69. The summed E-state index contributed by atoms with van der Waals surface area (Å²) in [5.74, 6) is -0.518. The van der Waals surface area contributed by atoms with E-state index < -0.39 is 5.91 Å². The molecule has 0 heterocycles. The van der Waals surface area contributed by atoms with Gasteiger partial charge in [-0.25, -0.2) is 0 Å². The summed E-state index contributed by atoms with van der Waals surface area (Å²) in [6, 6.07) is 10.8. The zero-order chi connectivity index (χ0) is 15.2. The molecule has 0 fully saturated rings. The number of carbonyl (C=O) groups is 1. The van der Waals surface area contributed by atoms with Crippen LogP contribution in [0.2, 0.25) is 0 Å². The van der Waals surface area contributed by atoms with Crippen molar-refractivity contribution in [3.05, 3.63) is 48.0 Å². The van der Waals surface area contributed by atoms with E-state index in [1.54, 1.807) is 24.3 Å². The van der Waals surface area contributed by atoms with Gasteiger partial charge in [0, 0.05) is 12.2 Å². The van der Waals surface area contributed by atoms with Crippen LogP contribution in [0.1, 0.15) is 10.4 Å². The minimum Gasteiger partial charge on any atom is -0.507 e. The molecule has 0 spiro atoms. The van der Waals surface area contributed by atoms with Gasteiger partial charge in [-0.3, -0.25) is 4.79 Å². The molecule has 2 rings (SSSR count). The van der Waals surface area contributed by atoms with Gasteiger partial charge in [0.05, 0.1) is 0 Å². The first-order chi connectivity index (χ1) is 10.1. The summed E-state index contributed by atoms with van der Waals surface area (Å²) in [5.41, 5.74) is 5.69. The lowest BCUT2D eigenvalue weighted by Crippen LogP contribution is -2.12. The van der Waals surface area contributed by atoms with Crippen molar-refractivity contribution in [2.75, 3.05) is 18.5 Å². The van der Waals surface area contributed by atoms with E-state index in [-0.39, 0.29) is 17.1 Å². The molecule has 0 aliphatic carbocycles. The predicted molar refractivity (Wildman–Crippen MR) is 78.7 cm³/mol. The number of anilines is 1. The Balaban J connectivity index is 2.09. The highest BCUT2D eigenvalue weighted by molar-refractivity contribution is 6.08.